The molecular formula is C13H13N3O2. The van der Waals surface area contributed by atoms with Crippen LogP contribution in [0.5, 0.6) is 0 Å². The third kappa shape index (κ3) is 2.98. The maximum atomic E-state index is 10.6. The SMILES string of the molecule is Nc1ccc(NCc2ccc(C(=O)[O-])cc2)c[nH+]1. The second kappa shape index (κ2) is 5.18. The van der Waals surface area contributed by atoms with Crippen molar-refractivity contribution in [1.82, 2.24) is 0 Å². The van der Waals surface area contributed by atoms with E-state index in [2.05, 4.69) is 10.3 Å². The maximum Gasteiger partial charge on any atom is 0.270 e. The van der Waals surface area contributed by atoms with Crippen molar-refractivity contribution >= 4 is 17.5 Å². The number of carboxylic acid groups (broad SMARTS) is 1. The number of hydrogen-bond acceptors (Lipinski definition) is 4. The fourth-order valence-electron chi connectivity index (χ4n) is 1.51. The van der Waals surface area contributed by atoms with Crippen molar-refractivity contribution in [2.75, 3.05) is 11.1 Å². The Labute approximate surface area is 104 Å². The van der Waals surface area contributed by atoms with Gasteiger partial charge in [0.15, 0.2) is 0 Å². The number of nitrogens with two attached hydrogens (primary N) is 1. The van der Waals surface area contributed by atoms with Crippen molar-refractivity contribution in [2.24, 2.45) is 0 Å². The highest BCUT2D eigenvalue weighted by atomic mass is 16.4. The van der Waals surface area contributed by atoms with Gasteiger partial charge in [0, 0.05) is 12.6 Å². The predicted octanol–water partition coefficient (Wildman–Crippen LogP) is 0.0585. The first-order valence-corrected chi connectivity index (χ1v) is 5.46. The molecule has 0 bridgehead atoms. The molecule has 92 valence electrons. The molecule has 0 radical (unpaired) electrons. The number of anilines is 2. The van der Waals surface area contributed by atoms with Crippen molar-refractivity contribution in [3.63, 3.8) is 0 Å². The second-order valence-corrected chi connectivity index (χ2v) is 3.87. The van der Waals surface area contributed by atoms with Crippen LogP contribution in [-0.4, -0.2) is 5.97 Å². The minimum absolute atomic E-state index is 0.180. The van der Waals surface area contributed by atoms with Gasteiger partial charge in [0.25, 0.3) is 5.82 Å². The van der Waals surface area contributed by atoms with Gasteiger partial charge in [-0.3, -0.25) is 5.73 Å². The van der Waals surface area contributed by atoms with Crippen LogP contribution in [0.15, 0.2) is 42.6 Å². The zero-order chi connectivity index (χ0) is 13.0. The van der Waals surface area contributed by atoms with Crippen LogP contribution in [0.4, 0.5) is 11.5 Å². The monoisotopic (exact) mass is 243 g/mol. The van der Waals surface area contributed by atoms with Crippen molar-refractivity contribution in [3.05, 3.63) is 53.7 Å². The van der Waals surface area contributed by atoms with Crippen LogP contribution in [0.1, 0.15) is 15.9 Å². The average molecular weight is 243 g/mol. The number of hydrogen-bond donors (Lipinski definition) is 2. The lowest BCUT2D eigenvalue weighted by atomic mass is 10.1. The number of aromatic nitrogens is 1. The minimum Gasteiger partial charge on any atom is -0.545 e. The molecule has 4 N–H and O–H groups in total. The molecule has 1 aromatic carbocycles. The molecule has 5 nitrogen and oxygen atoms in total. The Kier molecular flexibility index (Phi) is 3.43. The Morgan fingerprint density at radius 2 is 1.94 bits per heavy atom. The van der Waals surface area contributed by atoms with Crippen molar-refractivity contribution in [1.29, 1.82) is 0 Å². The number of carbonyl (C=O) groups is 1. The predicted molar refractivity (Wildman–Crippen MR) is 65.5 cm³/mol. The van der Waals surface area contributed by atoms with E-state index in [-0.39, 0.29) is 5.56 Å². The van der Waals surface area contributed by atoms with E-state index in [9.17, 15) is 9.90 Å². The van der Waals surface area contributed by atoms with E-state index in [1.165, 1.54) is 12.1 Å². The molecule has 0 aliphatic carbocycles. The van der Waals surface area contributed by atoms with Crippen LogP contribution in [0, 0.1) is 0 Å². The number of pyridine rings is 1. The molecule has 0 unspecified atom stereocenters. The van der Waals surface area contributed by atoms with Gasteiger partial charge in [-0.2, -0.15) is 0 Å². The summed E-state index contributed by atoms with van der Waals surface area (Å²) in [5.74, 6) is -0.568. The summed E-state index contributed by atoms with van der Waals surface area (Å²) < 4.78 is 0. The molecule has 2 rings (SSSR count). The first-order chi connectivity index (χ1) is 8.65. The van der Waals surface area contributed by atoms with Crippen LogP contribution >= 0.6 is 0 Å². The number of aromatic carboxylic acids is 1. The molecule has 1 heterocycles. The number of nitrogens with one attached hydrogen (secondary N) is 2. The van der Waals surface area contributed by atoms with E-state index < -0.39 is 5.97 Å². The lowest BCUT2D eigenvalue weighted by molar-refractivity contribution is -0.359. The van der Waals surface area contributed by atoms with Gasteiger partial charge in [-0.1, -0.05) is 24.3 Å². The van der Waals surface area contributed by atoms with Crippen LogP contribution in [0.3, 0.4) is 0 Å². The molecule has 0 saturated carbocycles. The topological polar surface area (TPSA) is 92.3 Å². The fraction of sp³-hybridized carbons (Fsp3) is 0.0769. The zero-order valence-corrected chi connectivity index (χ0v) is 9.64. The summed E-state index contributed by atoms with van der Waals surface area (Å²) in [6.07, 6.45) is 1.77. The van der Waals surface area contributed by atoms with Crippen LogP contribution < -0.4 is 21.1 Å². The lowest BCUT2D eigenvalue weighted by Crippen LogP contribution is -2.22. The standard InChI is InChI=1S/C13H13N3O2/c14-12-6-5-11(8-16-12)15-7-9-1-3-10(4-2-9)13(17)18/h1-6,8,15H,7H2,(H2,14,16)(H,17,18). The Hall–Kier alpha value is -2.56. The Balaban J connectivity index is 1.97. The number of nitrogen functional groups attached to an aromatic ring is 1. The van der Waals surface area contributed by atoms with E-state index in [0.29, 0.717) is 12.4 Å². The van der Waals surface area contributed by atoms with Gasteiger partial charge in [-0.05, 0) is 17.2 Å². The van der Waals surface area contributed by atoms with Gasteiger partial charge in [-0.15, -0.1) is 0 Å². The summed E-state index contributed by atoms with van der Waals surface area (Å²) in [7, 11) is 0. The normalized spacial score (nSPS) is 10.0. The number of H-pyrrole nitrogens is 1. The first-order valence-electron chi connectivity index (χ1n) is 5.46. The lowest BCUT2D eigenvalue weighted by Gasteiger charge is -2.07. The number of carboxylic acids is 1. The molecule has 5 heteroatoms. The van der Waals surface area contributed by atoms with E-state index in [4.69, 9.17) is 5.73 Å². The maximum absolute atomic E-state index is 10.6. The molecule has 0 aliphatic rings. The summed E-state index contributed by atoms with van der Waals surface area (Å²) in [5, 5.41) is 13.8. The summed E-state index contributed by atoms with van der Waals surface area (Å²) in [5.41, 5.74) is 7.61. The van der Waals surface area contributed by atoms with Crippen LogP contribution in [-0.2, 0) is 6.54 Å². The average Bonchev–Trinajstić information content (AvgIpc) is 2.38. The highest BCUT2D eigenvalue weighted by Gasteiger charge is 1.98. The van der Waals surface area contributed by atoms with E-state index >= 15 is 0 Å². The molecule has 2 aromatic rings. The molecule has 1 aromatic heterocycles. The van der Waals surface area contributed by atoms with Gasteiger partial charge in [-0.25, -0.2) is 4.98 Å². The van der Waals surface area contributed by atoms with E-state index in [0.717, 1.165) is 11.3 Å². The molecule has 0 atom stereocenters. The van der Waals surface area contributed by atoms with Crippen molar-refractivity contribution in [3.8, 4) is 0 Å². The quantitative estimate of drug-likeness (QED) is 0.794. The Morgan fingerprint density at radius 1 is 1.22 bits per heavy atom. The number of carbonyl (C=O) groups excluding carboxylic acids is 1. The summed E-state index contributed by atoms with van der Waals surface area (Å²) in [4.78, 5) is 13.5. The largest absolute Gasteiger partial charge is 0.545 e. The van der Waals surface area contributed by atoms with Crippen LogP contribution in [0.25, 0.3) is 0 Å². The van der Waals surface area contributed by atoms with E-state index in [1.807, 2.05) is 6.07 Å². The minimum atomic E-state index is -1.16. The molecule has 0 spiro atoms. The van der Waals surface area contributed by atoms with Gasteiger partial charge in [0.2, 0.25) is 0 Å². The fourth-order valence-corrected chi connectivity index (χ4v) is 1.51. The summed E-state index contributed by atoms with van der Waals surface area (Å²) >= 11 is 0. The summed E-state index contributed by atoms with van der Waals surface area (Å²) in [6.45, 7) is 0.602. The van der Waals surface area contributed by atoms with Crippen LogP contribution in [0.2, 0.25) is 0 Å². The molecule has 18 heavy (non-hydrogen) atoms. The van der Waals surface area contributed by atoms with E-state index in [1.54, 1.807) is 24.4 Å². The Bertz CT molecular complexity index is 535. The third-order valence-electron chi connectivity index (χ3n) is 2.52. The van der Waals surface area contributed by atoms with Crippen molar-refractivity contribution < 1.29 is 14.9 Å². The number of rotatable bonds is 4. The molecule has 0 saturated heterocycles. The molecule has 0 fully saturated rings. The molecule has 0 amide bonds. The third-order valence-corrected chi connectivity index (χ3v) is 2.52. The van der Waals surface area contributed by atoms with Gasteiger partial charge in [0.1, 0.15) is 6.20 Å². The number of aromatic amines is 1. The van der Waals surface area contributed by atoms with Gasteiger partial charge in [0.05, 0.1) is 11.7 Å². The molecule has 0 aliphatic heterocycles. The highest BCUT2D eigenvalue weighted by Crippen LogP contribution is 2.08. The number of benzene rings is 1. The van der Waals surface area contributed by atoms with Crippen molar-refractivity contribution in [2.45, 2.75) is 6.54 Å². The zero-order valence-electron chi connectivity index (χ0n) is 9.64. The van der Waals surface area contributed by atoms with Gasteiger partial charge < -0.3 is 15.2 Å². The van der Waals surface area contributed by atoms with Gasteiger partial charge >= 0.3 is 0 Å². The summed E-state index contributed by atoms with van der Waals surface area (Å²) in [6, 6.07) is 10.2. The highest BCUT2D eigenvalue weighted by molar-refractivity contribution is 5.85. The first kappa shape index (κ1) is 11.9. The second-order valence-electron chi connectivity index (χ2n) is 3.87. The smallest absolute Gasteiger partial charge is 0.270 e. The Morgan fingerprint density at radius 3 is 2.50 bits per heavy atom. The molecular weight excluding hydrogens is 230 g/mol.